The van der Waals surface area contributed by atoms with Crippen LogP contribution in [0.1, 0.15) is 50.2 Å². The molecule has 0 bridgehead atoms. The molecule has 1 atom stereocenters. The second kappa shape index (κ2) is 11.5. The highest BCUT2D eigenvalue weighted by molar-refractivity contribution is 7.98. The molecule has 2 aromatic rings. The maximum absolute atomic E-state index is 12.9. The van der Waals surface area contributed by atoms with Gasteiger partial charge in [-0.05, 0) is 80.9 Å². The van der Waals surface area contributed by atoms with E-state index in [1.54, 1.807) is 11.8 Å². The fourth-order valence-electron chi connectivity index (χ4n) is 6.34. The number of nitrogens with zero attached hydrogens (tertiary/aromatic N) is 2. The zero-order valence-corrected chi connectivity index (χ0v) is 23.1. The first-order valence-corrected chi connectivity index (χ1v) is 15.0. The van der Waals surface area contributed by atoms with Crippen molar-refractivity contribution in [3.63, 3.8) is 0 Å². The number of hydrogen-bond donors (Lipinski definition) is 3. The van der Waals surface area contributed by atoms with E-state index in [1.807, 2.05) is 12.1 Å². The highest BCUT2D eigenvalue weighted by Gasteiger charge is 2.32. The summed E-state index contributed by atoms with van der Waals surface area (Å²) < 4.78 is 0. The van der Waals surface area contributed by atoms with Gasteiger partial charge in [0.05, 0.1) is 10.5 Å². The second-order valence-electron chi connectivity index (χ2n) is 10.9. The average molecular weight is 539 g/mol. The summed E-state index contributed by atoms with van der Waals surface area (Å²) in [5, 5.41) is 16.2. The van der Waals surface area contributed by atoms with E-state index in [9.17, 15) is 19.5 Å². The normalized spacial score (nSPS) is 24.2. The monoisotopic (exact) mass is 538 g/mol. The Balaban J connectivity index is 1.09. The zero-order chi connectivity index (χ0) is 26.8. The van der Waals surface area contributed by atoms with Gasteiger partial charge in [0.2, 0.25) is 5.91 Å². The summed E-state index contributed by atoms with van der Waals surface area (Å²) in [6, 6.07) is 3.83. The molecule has 3 heterocycles. The lowest BCUT2D eigenvalue weighted by Gasteiger charge is -2.30. The molecule has 3 amide bonds. The van der Waals surface area contributed by atoms with Gasteiger partial charge in [-0.3, -0.25) is 24.2 Å². The van der Waals surface area contributed by atoms with Crippen molar-refractivity contribution in [3.8, 4) is 5.75 Å². The molecule has 1 aromatic carbocycles. The average Bonchev–Trinajstić information content (AvgIpc) is 3.62. The second-order valence-corrected chi connectivity index (χ2v) is 11.8. The predicted molar refractivity (Wildman–Crippen MR) is 149 cm³/mol. The fourth-order valence-corrected chi connectivity index (χ4v) is 7.04. The first kappa shape index (κ1) is 26.8. The third-order valence-electron chi connectivity index (χ3n) is 8.56. The van der Waals surface area contributed by atoms with Crippen LogP contribution in [0.5, 0.6) is 5.75 Å². The van der Waals surface area contributed by atoms with E-state index in [4.69, 9.17) is 0 Å². The number of amides is 3. The number of phenols is 1. The zero-order valence-electron chi connectivity index (χ0n) is 22.3. The van der Waals surface area contributed by atoms with Crippen LogP contribution < -0.4 is 5.32 Å². The van der Waals surface area contributed by atoms with Crippen molar-refractivity contribution in [2.75, 3.05) is 32.4 Å². The van der Waals surface area contributed by atoms with Crippen LogP contribution in [-0.4, -0.2) is 70.0 Å². The Labute approximate surface area is 228 Å². The van der Waals surface area contributed by atoms with Gasteiger partial charge < -0.3 is 15.4 Å². The number of imide groups is 1. The van der Waals surface area contributed by atoms with Crippen molar-refractivity contribution >= 4 is 40.4 Å². The van der Waals surface area contributed by atoms with Gasteiger partial charge in [-0.15, -0.1) is 11.8 Å². The Morgan fingerprint density at radius 3 is 2.50 bits per heavy atom. The maximum Gasteiger partial charge on any atom is 0.253 e. The molecule has 0 spiro atoms. The Morgan fingerprint density at radius 1 is 1.08 bits per heavy atom. The van der Waals surface area contributed by atoms with Gasteiger partial charge >= 0.3 is 0 Å². The molecule has 8 nitrogen and oxygen atoms in total. The van der Waals surface area contributed by atoms with E-state index in [0.717, 1.165) is 62.7 Å². The van der Waals surface area contributed by atoms with Crippen molar-refractivity contribution in [2.45, 2.75) is 57.0 Å². The highest BCUT2D eigenvalue weighted by atomic mass is 32.2. The summed E-state index contributed by atoms with van der Waals surface area (Å²) in [5.41, 5.74) is 3.29. The number of likely N-dealkylation sites (tertiary alicyclic amines) is 1. The number of phenolic OH excluding ortho intramolecular Hbond substituents is 1. The predicted octanol–water partition coefficient (Wildman–Crippen LogP) is 3.83. The first-order valence-electron chi connectivity index (χ1n) is 13.8. The lowest BCUT2D eigenvalue weighted by atomic mass is 9.81. The number of nitrogens with one attached hydrogen (secondary N) is 2. The number of fused-ring (bicyclic) bond motifs is 1. The summed E-state index contributed by atoms with van der Waals surface area (Å²) in [5.74, 6) is 0.682. The number of thioether (sulfide) groups is 1. The lowest BCUT2D eigenvalue weighted by Crippen LogP contribution is -2.39. The maximum atomic E-state index is 12.9. The molecule has 0 radical (unpaired) electrons. The van der Waals surface area contributed by atoms with Gasteiger partial charge in [0, 0.05) is 55.2 Å². The van der Waals surface area contributed by atoms with Crippen molar-refractivity contribution in [1.82, 2.24) is 20.1 Å². The van der Waals surface area contributed by atoms with Crippen LogP contribution >= 0.6 is 11.8 Å². The molecule has 3 aliphatic rings. The number of rotatable bonds is 9. The Hall–Kier alpha value is -2.78. The molecule has 0 unspecified atom stereocenters. The number of carbonyl (C=O) groups is 3. The molecule has 204 valence electrons. The standard InChI is InChI=1S/C29H38N4O4S/c1-3-21-22-8-9-24(34)23(27(22)31-29(21)38-2)17-32-13-12-19(15-32)14-30-28(37)20-6-4-18(5-7-20)16-33-25(35)10-11-26(33)36/h8-11,18-20,31,34H,3-7,12-17H2,1-2H3,(H,30,37)/t18?,19-,20?/m1/s1. The topological polar surface area (TPSA) is 106 Å². The number of aryl methyl sites for hydroxylation is 1. The number of H-pyrrole nitrogens is 1. The third kappa shape index (κ3) is 5.50. The number of carbonyl (C=O) groups excluding carboxylic acids is 3. The number of hydrogen-bond acceptors (Lipinski definition) is 6. The minimum absolute atomic E-state index is 0.00711. The summed E-state index contributed by atoms with van der Waals surface area (Å²) in [6.45, 7) is 5.82. The SMILES string of the molecule is CCc1c(SC)[nH]c2c(CN3CC[C@H](CNC(=O)C4CCC(CN5C(=O)C=CC5=O)CC4)C3)c(O)ccc12. The van der Waals surface area contributed by atoms with Crippen molar-refractivity contribution in [1.29, 1.82) is 0 Å². The Bertz CT molecular complexity index is 1230. The van der Waals surface area contributed by atoms with Gasteiger partial charge in [0.25, 0.3) is 11.8 Å². The number of aromatic hydroxyl groups is 1. The van der Waals surface area contributed by atoms with Crippen molar-refractivity contribution in [3.05, 3.63) is 35.4 Å². The minimum Gasteiger partial charge on any atom is -0.508 e. The summed E-state index contributed by atoms with van der Waals surface area (Å²) in [7, 11) is 0. The van der Waals surface area contributed by atoms with Crippen LogP contribution in [0, 0.1) is 17.8 Å². The van der Waals surface area contributed by atoms with Gasteiger partial charge in [-0.2, -0.15) is 0 Å². The molecule has 1 aliphatic carbocycles. The van der Waals surface area contributed by atoms with Gasteiger partial charge in [-0.25, -0.2) is 0 Å². The van der Waals surface area contributed by atoms with Crippen LogP contribution in [0.25, 0.3) is 10.9 Å². The minimum atomic E-state index is -0.226. The molecule has 1 saturated heterocycles. The van der Waals surface area contributed by atoms with Crippen LogP contribution in [0.2, 0.25) is 0 Å². The third-order valence-corrected chi connectivity index (χ3v) is 9.32. The largest absolute Gasteiger partial charge is 0.508 e. The molecule has 5 rings (SSSR count). The summed E-state index contributed by atoms with van der Waals surface area (Å²) in [4.78, 5) is 43.7. The molecule has 38 heavy (non-hydrogen) atoms. The summed E-state index contributed by atoms with van der Waals surface area (Å²) >= 11 is 1.71. The molecule has 2 fully saturated rings. The smallest absolute Gasteiger partial charge is 0.253 e. The Kier molecular flexibility index (Phi) is 8.14. The van der Waals surface area contributed by atoms with E-state index in [1.165, 1.54) is 33.0 Å². The van der Waals surface area contributed by atoms with Gasteiger partial charge in [0.1, 0.15) is 5.75 Å². The lowest BCUT2D eigenvalue weighted by molar-refractivity contribution is -0.138. The molecule has 2 aliphatic heterocycles. The summed E-state index contributed by atoms with van der Waals surface area (Å²) in [6.07, 6.45) is 10.0. The molecular formula is C29H38N4O4S. The van der Waals surface area contributed by atoms with Gasteiger partial charge in [0.15, 0.2) is 0 Å². The molecule has 1 aromatic heterocycles. The van der Waals surface area contributed by atoms with Crippen LogP contribution in [0.3, 0.4) is 0 Å². The fraction of sp³-hybridized carbons (Fsp3) is 0.552. The molecule has 9 heteroatoms. The Morgan fingerprint density at radius 2 is 1.82 bits per heavy atom. The van der Waals surface area contributed by atoms with Crippen molar-refractivity contribution < 1.29 is 19.5 Å². The molecule has 1 saturated carbocycles. The number of benzene rings is 1. The quantitative estimate of drug-likeness (QED) is 0.331. The first-order chi connectivity index (χ1) is 18.4. The van der Waals surface area contributed by atoms with E-state index in [-0.39, 0.29) is 29.6 Å². The van der Waals surface area contributed by atoms with Crippen LogP contribution in [0.4, 0.5) is 0 Å². The number of aromatic amines is 1. The molecular weight excluding hydrogens is 500 g/mol. The van der Waals surface area contributed by atoms with Gasteiger partial charge in [-0.1, -0.05) is 6.92 Å². The highest BCUT2D eigenvalue weighted by Crippen LogP contribution is 2.36. The molecule has 3 N–H and O–H groups in total. The van der Waals surface area contributed by atoms with E-state index < -0.39 is 0 Å². The van der Waals surface area contributed by atoms with Crippen molar-refractivity contribution in [2.24, 2.45) is 17.8 Å². The van der Waals surface area contributed by atoms with E-state index in [2.05, 4.69) is 28.4 Å². The van der Waals surface area contributed by atoms with Crippen LogP contribution in [-0.2, 0) is 27.3 Å². The van der Waals surface area contributed by atoms with E-state index in [0.29, 0.717) is 31.3 Å². The number of aromatic nitrogens is 1. The van der Waals surface area contributed by atoms with E-state index >= 15 is 0 Å². The van der Waals surface area contributed by atoms with Crippen LogP contribution in [0.15, 0.2) is 29.3 Å².